The zero-order chi connectivity index (χ0) is 15.0. The number of anilines is 1. The van der Waals surface area contributed by atoms with Crippen LogP contribution in [0.25, 0.3) is 0 Å². The molecule has 0 fully saturated rings. The minimum Gasteiger partial charge on any atom is -0.456 e. The number of rotatable bonds is 2. The third kappa shape index (κ3) is 2.42. The molecule has 21 heavy (non-hydrogen) atoms. The van der Waals surface area contributed by atoms with Crippen molar-refractivity contribution in [1.29, 1.82) is 5.26 Å². The topological polar surface area (TPSA) is 88.1 Å². The van der Waals surface area contributed by atoms with E-state index in [0.29, 0.717) is 33.3 Å². The first kappa shape index (κ1) is 13.4. The minimum atomic E-state index is -0.707. The second-order valence-corrected chi connectivity index (χ2v) is 4.98. The first-order valence-corrected chi connectivity index (χ1v) is 6.54. The number of fused-ring (bicyclic) bond motifs is 1. The van der Waals surface area contributed by atoms with Gasteiger partial charge in [-0.1, -0.05) is 11.6 Å². The molecule has 0 saturated carbocycles. The predicted octanol–water partition coefficient (Wildman–Crippen LogP) is 2.96. The molecule has 1 aliphatic heterocycles. The zero-order valence-electron chi connectivity index (χ0n) is 10.8. The summed E-state index contributed by atoms with van der Waals surface area (Å²) < 4.78 is 5.67. The zero-order valence-corrected chi connectivity index (χ0v) is 11.5. The summed E-state index contributed by atoms with van der Waals surface area (Å²) in [5.74, 6) is 0.690. The van der Waals surface area contributed by atoms with Gasteiger partial charge in [-0.3, -0.25) is 4.79 Å². The average Bonchev–Trinajstić information content (AvgIpc) is 2.75. The Morgan fingerprint density at radius 1 is 1.29 bits per heavy atom. The lowest BCUT2D eigenvalue weighted by molar-refractivity contribution is -0.116. The van der Waals surface area contributed by atoms with Crippen LogP contribution < -0.4 is 15.8 Å². The third-order valence-corrected chi connectivity index (χ3v) is 3.49. The highest BCUT2D eigenvalue weighted by molar-refractivity contribution is 6.32. The van der Waals surface area contributed by atoms with Gasteiger partial charge >= 0.3 is 0 Å². The summed E-state index contributed by atoms with van der Waals surface area (Å²) in [6, 6.07) is 11.2. The van der Waals surface area contributed by atoms with Crippen LogP contribution in [-0.2, 0) is 4.79 Å². The van der Waals surface area contributed by atoms with Crippen molar-refractivity contribution in [3.8, 4) is 17.6 Å². The van der Waals surface area contributed by atoms with Crippen LogP contribution in [0.2, 0.25) is 5.02 Å². The number of amides is 1. The van der Waals surface area contributed by atoms with Gasteiger partial charge < -0.3 is 15.8 Å². The molecular weight excluding hydrogens is 290 g/mol. The first-order valence-electron chi connectivity index (χ1n) is 6.16. The van der Waals surface area contributed by atoms with Crippen LogP contribution in [-0.4, -0.2) is 5.91 Å². The van der Waals surface area contributed by atoms with E-state index in [1.165, 1.54) is 0 Å². The number of nitriles is 1. The number of hydrogen-bond donors (Lipinski definition) is 2. The Morgan fingerprint density at radius 2 is 2.00 bits per heavy atom. The lowest BCUT2D eigenvalue weighted by atomic mass is 10.1. The van der Waals surface area contributed by atoms with Gasteiger partial charge in [-0.2, -0.15) is 5.26 Å². The van der Waals surface area contributed by atoms with Crippen LogP contribution in [0.5, 0.6) is 11.5 Å². The van der Waals surface area contributed by atoms with Crippen LogP contribution in [0.1, 0.15) is 17.2 Å². The van der Waals surface area contributed by atoms with Crippen LogP contribution in [0.3, 0.4) is 0 Å². The summed E-state index contributed by atoms with van der Waals surface area (Å²) in [4.78, 5) is 11.5. The summed E-state index contributed by atoms with van der Waals surface area (Å²) in [5, 5.41) is 11.8. The Morgan fingerprint density at radius 3 is 2.67 bits per heavy atom. The number of nitrogens with two attached hydrogens (primary N) is 1. The normalized spacial score (nSPS) is 16.0. The number of carbonyl (C=O) groups excluding carboxylic acids is 1. The van der Waals surface area contributed by atoms with Crippen molar-refractivity contribution in [2.45, 2.75) is 6.04 Å². The Labute approximate surface area is 125 Å². The van der Waals surface area contributed by atoms with E-state index in [-0.39, 0.29) is 5.91 Å². The number of halogens is 1. The quantitative estimate of drug-likeness (QED) is 0.892. The number of carbonyl (C=O) groups is 1. The van der Waals surface area contributed by atoms with E-state index in [1.807, 2.05) is 6.07 Å². The molecule has 5 nitrogen and oxygen atoms in total. The maximum Gasteiger partial charge on any atom is 0.245 e. The number of benzene rings is 2. The lowest BCUT2D eigenvalue weighted by Gasteiger charge is -2.10. The molecule has 0 radical (unpaired) electrons. The highest BCUT2D eigenvalue weighted by Gasteiger charge is 2.28. The van der Waals surface area contributed by atoms with Crippen molar-refractivity contribution in [1.82, 2.24) is 0 Å². The minimum absolute atomic E-state index is 0.267. The maximum atomic E-state index is 11.5. The fraction of sp³-hybridized carbons (Fsp3) is 0.0667. The molecule has 0 aliphatic carbocycles. The summed E-state index contributed by atoms with van der Waals surface area (Å²) in [7, 11) is 0. The second kappa shape index (κ2) is 5.09. The van der Waals surface area contributed by atoms with E-state index in [2.05, 4.69) is 5.32 Å². The largest absolute Gasteiger partial charge is 0.456 e. The van der Waals surface area contributed by atoms with E-state index in [0.717, 1.165) is 0 Å². The molecule has 3 rings (SSSR count). The second-order valence-electron chi connectivity index (χ2n) is 4.58. The highest BCUT2D eigenvalue weighted by Crippen LogP contribution is 2.39. The average molecular weight is 300 g/mol. The van der Waals surface area contributed by atoms with Crippen LogP contribution >= 0.6 is 11.6 Å². The van der Waals surface area contributed by atoms with E-state index >= 15 is 0 Å². The molecule has 1 unspecified atom stereocenters. The number of ether oxygens (including phenoxy) is 1. The SMILES string of the molecule is N#Cc1ccc(Oc2cc3c(cc2Cl)C(N)C(=O)N3)cc1. The van der Waals surface area contributed by atoms with E-state index in [1.54, 1.807) is 36.4 Å². The van der Waals surface area contributed by atoms with Gasteiger partial charge in [0.15, 0.2) is 0 Å². The van der Waals surface area contributed by atoms with Gasteiger partial charge in [0, 0.05) is 17.3 Å². The Bertz CT molecular complexity index is 766. The van der Waals surface area contributed by atoms with Gasteiger partial charge in [0.2, 0.25) is 5.91 Å². The highest BCUT2D eigenvalue weighted by atomic mass is 35.5. The Balaban J connectivity index is 1.91. The number of nitrogens with one attached hydrogen (secondary N) is 1. The molecular formula is C15H10ClN3O2. The van der Waals surface area contributed by atoms with Gasteiger partial charge in [0.25, 0.3) is 0 Å². The van der Waals surface area contributed by atoms with Crippen LogP contribution in [0, 0.1) is 11.3 Å². The van der Waals surface area contributed by atoms with Crippen molar-refractivity contribution in [3.05, 3.63) is 52.5 Å². The van der Waals surface area contributed by atoms with Crippen molar-refractivity contribution in [3.63, 3.8) is 0 Å². The molecule has 2 aromatic carbocycles. The van der Waals surface area contributed by atoms with Crippen molar-refractivity contribution in [2.75, 3.05) is 5.32 Å². The van der Waals surface area contributed by atoms with Crippen molar-refractivity contribution < 1.29 is 9.53 Å². The maximum absolute atomic E-state index is 11.5. The first-order chi connectivity index (χ1) is 10.1. The molecule has 0 bridgehead atoms. The molecule has 1 amide bonds. The van der Waals surface area contributed by atoms with E-state index in [9.17, 15) is 4.79 Å². The fourth-order valence-corrected chi connectivity index (χ4v) is 2.30. The summed E-state index contributed by atoms with van der Waals surface area (Å²) in [5.41, 5.74) is 7.54. The molecule has 104 valence electrons. The molecule has 0 spiro atoms. The van der Waals surface area contributed by atoms with Gasteiger partial charge in [0.05, 0.1) is 16.7 Å². The summed E-state index contributed by atoms with van der Waals surface area (Å²) >= 11 is 6.16. The lowest BCUT2D eigenvalue weighted by Crippen LogP contribution is -2.19. The smallest absolute Gasteiger partial charge is 0.245 e. The molecule has 0 saturated heterocycles. The Hall–Kier alpha value is -2.55. The predicted molar refractivity (Wildman–Crippen MR) is 78.2 cm³/mol. The number of hydrogen-bond acceptors (Lipinski definition) is 4. The van der Waals surface area contributed by atoms with Crippen molar-refractivity contribution in [2.24, 2.45) is 5.73 Å². The summed E-state index contributed by atoms with van der Waals surface area (Å²) in [6.07, 6.45) is 0. The molecule has 1 atom stereocenters. The monoisotopic (exact) mass is 299 g/mol. The van der Waals surface area contributed by atoms with Crippen LogP contribution in [0.4, 0.5) is 5.69 Å². The van der Waals surface area contributed by atoms with Crippen LogP contribution in [0.15, 0.2) is 36.4 Å². The molecule has 0 aromatic heterocycles. The van der Waals surface area contributed by atoms with E-state index < -0.39 is 6.04 Å². The van der Waals surface area contributed by atoms with Crippen molar-refractivity contribution >= 4 is 23.2 Å². The van der Waals surface area contributed by atoms with Gasteiger partial charge in [-0.15, -0.1) is 0 Å². The van der Waals surface area contributed by atoms with E-state index in [4.69, 9.17) is 27.3 Å². The molecule has 1 heterocycles. The molecule has 2 aromatic rings. The molecule has 1 aliphatic rings. The van der Waals surface area contributed by atoms with Gasteiger partial charge in [-0.25, -0.2) is 0 Å². The molecule has 6 heteroatoms. The fourth-order valence-electron chi connectivity index (χ4n) is 2.09. The standard InChI is InChI=1S/C15H10ClN3O2/c16-11-5-10-12(19-15(20)14(10)18)6-13(11)21-9-3-1-8(7-17)2-4-9/h1-6,14H,18H2,(H,19,20). The third-order valence-electron chi connectivity index (χ3n) is 3.19. The number of nitrogens with zero attached hydrogens (tertiary/aromatic N) is 1. The molecule has 3 N–H and O–H groups in total. The Kier molecular flexibility index (Phi) is 3.26. The van der Waals surface area contributed by atoms with Gasteiger partial charge in [0.1, 0.15) is 17.5 Å². The summed E-state index contributed by atoms with van der Waals surface area (Å²) in [6.45, 7) is 0. The van der Waals surface area contributed by atoms with Gasteiger partial charge in [-0.05, 0) is 30.3 Å².